The number of aromatic nitrogens is 6. The van der Waals surface area contributed by atoms with Gasteiger partial charge < -0.3 is 4.42 Å². The molecule has 0 saturated heterocycles. The SMILES string of the molecule is Cc1ccc2nc(-c3ccc(-n4ccnc4)nn3)oc(=O)c2n1. The van der Waals surface area contributed by atoms with Gasteiger partial charge in [0.05, 0.1) is 0 Å². The second kappa shape index (κ2) is 5.09. The van der Waals surface area contributed by atoms with Crippen molar-refractivity contribution >= 4 is 11.0 Å². The van der Waals surface area contributed by atoms with Gasteiger partial charge in [-0.25, -0.2) is 19.7 Å². The van der Waals surface area contributed by atoms with Crippen LogP contribution in [0, 0.1) is 6.92 Å². The van der Waals surface area contributed by atoms with Crippen molar-refractivity contribution in [1.82, 2.24) is 29.7 Å². The van der Waals surface area contributed by atoms with E-state index in [0.717, 1.165) is 5.69 Å². The molecule has 0 aliphatic carbocycles. The highest BCUT2D eigenvalue weighted by Crippen LogP contribution is 2.16. The first-order valence-electron chi connectivity index (χ1n) is 6.82. The van der Waals surface area contributed by atoms with Crippen LogP contribution in [0.5, 0.6) is 0 Å². The summed E-state index contributed by atoms with van der Waals surface area (Å²) in [6.07, 6.45) is 5.02. The van der Waals surface area contributed by atoms with Crippen LogP contribution in [0.25, 0.3) is 28.4 Å². The highest BCUT2D eigenvalue weighted by atomic mass is 16.4. The minimum Gasteiger partial charge on any atom is -0.400 e. The monoisotopic (exact) mass is 306 g/mol. The molecule has 4 aromatic rings. The summed E-state index contributed by atoms with van der Waals surface area (Å²) in [6.45, 7) is 1.80. The predicted octanol–water partition coefficient (Wildman–Crippen LogP) is 1.53. The number of rotatable bonds is 2. The Morgan fingerprint density at radius 3 is 2.74 bits per heavy atom. The van der Waals surface area contributed by atoms with Crippen molar-refractivity contribution in [1.29, 1.82) is 0 Å². The quantitative estimate of drug-likeness (QED) is 0.553. The first-order valence-corrected chi connectivity index (χ1v) is 6.82. The van der Waals surface area contributed by atoms with Gasteiger partial charge in [0.15, 0.2) is 11.3 Å². The number of hydrogen-bond donors (Lipinski definition) is 0. The van der Waals surface area contributed by atoms with Crippen LogP contribution in [0.2, 0.25) is 0 Å². The molecule has 0 saturated carbocycles. The van der Waals surface area contributed by atoms with Gasteiger partial charge in [0.25, 0.3) is 5.89 Å². The van der Waals surface area contributed by atoms with E-state index >= 15 is 0 Å². The molecule has 4 heterocycles. The largest absolute Gasteiger partial charge is 0.400 e. The van der Waals surface area contributed by atoms with Crippen LogP contribution in [-0.4, -0.2) is 29.7 Å². The van der Waals surface area contributed by atoms with Gasteiger partial charge in [-0.3, -0.25) is 4.57 Å². The Hall–Kier alpha value is -3.42. The van der Waals surface area contributed by atoms with Crippen molar-refractivity contribution < 1.29 is 4.42 Å². The summed E-state index contributed by atoms with van der Waals surface area (Å²) in [6, 6.07) is 6.93. The normalized spacial score (nSPS) is 11.0. The van der Waals surface area contributed by atoms with Gasteiger partial charge in [0.1, 0.15) is 17.5 Å². The smallest absolute Gasteiger partial charge is 0.366 e. The molecule has 0 fully saturated rings. The van der Waals surface area contributed by atoms with Crippen molar-refractivity contribution in [2.24, 2.45) is 0 Å². The molecule has 0 aliphatic rings. The minimum atomic E-state index is -0.547. The van der Waals surface area contributed by atoms with Crippen LogP contribution in [0.15, 0.2) is 52.2 Å². The summed E-state index contributed by atoms with van der Waals surface area (Å²) < 4.78 is 6.93. The lowest BCUT2D eigenvalue weighted by molar-refractivity contribution is 0.513. The van der Waals surface area contributed by atoms with Gasteiger partial charge in [-0.05, 0) is 31.2 Å². The fraction of sp³-hybridized carbons (Fsp3) is 0.0667. The Bertz CT molecular complexity index is 1040. The molecule has 0 aromatic carbocycles. The standard InChI is InChI=1S/C15H10N6O2/c1-9-2-3-10-13(17-9)15(22)23-14(18-10)11-4-5-12(20-19-11)21-7-6-16-8-21/h2-8H,1H3. The molecule has 8 nitrogen and oxygen atoms in total. The van der Waals surface area contributed by atoms with E-state index in [1.54, 1.807) is 54.5 Å². The molecule has 0 aliphatic heterocycles. The lowest BCUT2D eigenvalue weighted by Gasteiger charge is -2.02. The summed E-state index contributed by atoms with van der Waals surface area (Å²) in [5.74, 6) is 0.713. The molecule has 0 atom stereocenters. The van der Waals surface area contributed by atoms with E-state index in [1.807, 2.05) is 0 Å². The molecule has 0 unspecified atom stereocenters. The number of nitrogens with zero attached hydrogens (tertiary/aromatic N) is 6. The first-order chi connectivity index (χ1) is 11.2. The van der Waals surface area contributed by atoms with Crippen molar-refractivity contribution in [3.63, 3.8) is 0 Å². The molecule has 0 bridgehead atoms. The van der Waals surface area contributed by atoms with Crippen LogP contribution in [0.4, 0.5) is 0 Å². The molecule has 4 rings (SSSR count). The molecular weight excluding hydrogens is 296 g/mol. The minimum absolute atomic E-state index is 0.109. The molecule has 0 radical (unpaired) electrons. The zero-order valence-corrected chi connectivity index (χ0v) is 12.0. The highest BCUT2D eigenvalue weighted by molar-refractivity contribution is 5.74. The fourth-order valence-electron chi connectivity index (χ4n) is 2.14. The second-order valence-corrected chi connectivity index (χ2v) is 4.87. The molecule has 112 valence electrons. The maximum absolute atomic E-state index is 12.0. The van der Waals surface area contributed by atoms with Gasteiger partial charge in [-0.15, -0.1) is 10.2 Å². The third-order valence-electron chi connectivity index (χ3n) is 3.26. The third-order valence-corrected chi connectivity index (χ3v) is 3.26. The molecule has 4 aromatic heterocycles. The second-order valence-electron chi connectivity index (χ2n) is 4.87. The summed E-state index contributed by atoms with van der Waals surface area (Å²) in [7, 11) is 0. The van der Waals surface area contributed by atoms with Crippen LogP contribution < -0.4 is 5.63 Å². The van der Waals surface area contributed by atoms with Crippen LogP contribution in [0.3, 0.4) is 0 Å². The number of hydrogen-bond acceptors (Lipinski definition) is 7. The van der Waals surface area contributed by atoms with Gasteiger partial charge in [0, 0.05) is 18.1 Å². The van der Waals surface area contributed by atoms with E-state index in [4.69, 9.17) is 4.42 Å². The Labute approximate surface area is 129 Å². The average Bonchev–Trinajstić information content (AvgIpc) is 3.10. The highest BCUT2D eigenvalue weighted by Gasteiger charge is 2.11. The zero-order chi connectivity index (χ0) is 15.8. The summed E-state index contributed by atoms with van der Waals surface area (Å²) in [5, 5.41) is 8.13. The average molecular weight is 306 g/mol. The van der Waals surface area contributed by atoms with Gasteiger partial charge in [-0.1, -0.05) is 0 Å². The van der Waals surface area contributed by atoms with E-state index in [-0.39, 0.29) is 11.4 Å². The molecule has 0 N–H and O–H groups in total. The number of aryl methyl sites for hydroxylation is 1. The van der Waals surface area contributed by atoms with E-state index in [2.05, 4.69) is 25.1 Å². The van der Waals surface area contributed by atoms with E-state index < -0.39 is 5.63 Å². The van der Waals surface area contributed by atoms with E-state index in [1.165, 1.54) is 0 Å². The van der Waals surface area contributed by atoms with Crippen molar-refractivity contribution in [2.75, 3.05) is 0 Å². The zero-order valence-electron chi connectivity index (χ0n) is 12.0. The number of pyridine rings is 1. The summed E-state index contributed by atoms with van der Waals surface area (Å²) >= 11 is 0. The summed E-state index contributed by atoms with van der Waals surface area (Å²) in [4.78, 5) is 24.4. The molecule has 8 heteroatoms. The third kappa shape index (κ3) is 2.35. The maximum atomic E-state index is 12.0. The molecular formula is C15H10N6O2. The van der Waals surface area contributed by atoms with Gasteiger partial charge in [-0.2, -0.15) is 0 Å². The number of fused-ring (bicyclic) bond motifs is 1. The number of imidazole rings is 1. The van der Waals surface area contributed by atoms with Crippen molar-refractivity contribution in [3.05, 3.63) is 59.1 Å². The van der Waals surface area contributed by atoms with Gasteiger partial charge in [0.2, 0.25) is 0 Å². The van der Waals surface area contributed by atoms with E-state index in [9.17, 15) is 4.79 Å². The van der Waals surface area contributed by atoms with E-state index in [0.29, 0.717) is 17.0 Å². The predicted molar refractivity (Wildman–Crippen MR) is 81.0 cm³/mol. The maximum Gasteiger partial charge on any atom is 0.366 e. The summed E-state index contributed by atoms with van der Waals surface area (Å²) in [5.41, 5.74) is 1.21. The van der Waals surface area contributed by atoms with Crippen LogP contribution in [-0.2, 0) is 0 Å². The lowest BCUT2D eigenvalue weighted by atomic mass is 10.3. The first kappa shape index (κ1) is 13.3. The Morgan fingerprint density at radius 1 is 1.09 bits per heavy atom. The Morgan fingerprint density at radius 2 is 2.00 bits per heavy atom. The lowest BCUT2D eigenvalue weighted by Crippen LogP contribution is -2.06. The van der Waals surface area contributed by atoms with Crippen molar-refractivity contribution in [2.45, 2.75) is 6.92 Å². The van der Waals surface area contributed by atoms with Gasteiger partial charge >= 0.3 is 5.63 Å². The van der Waals surface area contributed by atoms with Crippen LogP contribution >= 0.6 is 0 Å². The van der Waals surface area contributed by atoms with Crippen LogP contribution in [0.1, 0.15) is 5.69 Å². The topological polar surface area (TPSA) is 99.6 Å². The van der Waals surface area contributed by atoms with Crippen molar-refractivity contribution in [3.8, 4) is 17.4 Å². The Balaban J connectivity index is 1.80. The molecule has 0 spiro atoms. The molecule has 23 heavy (non-hydrogen) atoms. The fourth-order valence-corrected chi connectivity index (χ4v) is 2.14. The molecule has 0 amide bonds. The Kier molecular flexibility index (Phi) is 2.94.